The minimum absolute atomic E-state index is 0.147. The van der Waals surface area contributed by atoms with Crippen molar-refractivity contribution < 1.29 is 23.7 Å². The molecule has 0 radical (unpaired) electrons. The molecule has 0 saturated carbocycles. The third kappa shape index (κ3) is 7.16. The van der Waals surface area contributed by atoms with Crippen LogP contribution in [0, 0.1) is 5.92 Å². The molecule has 1 aliphatic heterocycles. The molecule has 0 aromatic heterocycles. The Labute approximate surface area is 140 Å². The molecular weight excluding hydrogens is 298 g/mol. The van der Waals surface area contributed by atoms with E-state index in [1.54, 1.807) is 7.11 Å². The number of unbranched alkanes of at least 4 members (excludes halogenated alkanes) is 4. The molecule has 136 valence electrons. The van der Waals surface area contributed by atoms with Gasteiger partial charge in [0.1, 0.15) is 12.2 Å². The zero-order chi connectivity index (χ0) is 17.1. The zero-order valence-electron chi connectivity index (χ0n) is 14.8. The van der Waals surface area contributed by atoms with Crippen LogP contribution in [0.4, 0.5) is 0 Å². The summed E-state index contributed by atoms with van der Waals surface area (Å²) in [6.45, 7) is 5.75. The molecule has 0 spiro atoms. The Morgan fingerprint density at radius 1 is 1.22 bits per heavy atom. The molecule has 0 unspecified atom stereocenters. The Bertz CT molecular complexity index is 326. The van der Waals surface area contributed by atoms with Crippen LogP contribution in [0.15, 0.2) is 0 Å². The quantitative estimate of drug-likeness (QED) is 0.460. The van der Waals surface area contributed by atoms with Crippen LogP contribution in [0.1, 0.15) is 46.0 Å². The lowest BCUT2D eigenvalue weighted by Crippen LogP contribution is -2.54. The lowest BCUT2D eigenvalue weighted by molar-refractivity contribution is -0.206. The predicted molar refractivity (Wildman–Crippen MR) is 88.2 cm³/mol. The topological polar surface area (TPSA) is 80.0 Å². The van der Waals surface area contributed by atoms with Crippen molar-refractivity contribution in [1.82, 2.24) is 0 Å². The van der Waals surface area contributed by atoms with E-state index in [4.69, 9.17) is 24.7 Å². The summed E-state index contributed by atoms with van der Waals surface area (Å²) >= 11 is 0. The molecule has 0 bridgehead atoms. The second kappa shape index (κ2) is 11.8. The molecular formula is C17H33NO5. The summed E-state index contributed by atoms with van der Waals surface area (Å²) < 4.78 is 22.5. The highest BCUT2D eigenvalue weighted by Crippen LogP contribution is 2.25. The molecule has 1 fully saturated rings. The molecule has 1 rings (SSSR count). The molecule has 2 N–H and O–H groups in total. The maximum absolute atomic E-state index is 11.6. The van der Waals surface area contributed by atoms with Crippen LogP contribution in [0.2, 0.25) is 0 Å². The van der Waals surface area contributed by atoms with Crippen LogP contribution in [0.5, 0.6) is 0 Å². The van der Waals surface area contributed by atoms with Crippen molar-refractivity contribution in [3.63, 3.8) is 0 Å². The number of ether oxygens (including phenoxy) is 4. The Morgan fingerprint density at radius 2 is 1.96 bits per heavy atom. The van der Waals surface area contributed by atoms with Gasteiger partial charge >= 0.3 is 5.97 Å². The fourth-order valence-corrected chi connectivity index (χ4v) is 2.86. The summed E-state index contributed by atoms with van der Waals surface area (Å²) in [6.07, 6.45) is 5.02. The van der Waals surface area contributed by atoms with Gasteiger partial charge in [-0.15, -0.1) is 0 Å². The van der Waals surface area contributed by atoms with E-state index in [0.717, 1.165) is 6.42 Å². The van der Waals surface area contributed by atoms with Crippen molar-refractivity contribution in [2.75, 3.05) is 33.5 Å². The van der Waals surface area contributed by atoms with Gasteiger partial charge in [-0.05, 0) is 6.42 Å². The highest BCUT2D eigenvalue weighted by Gasteiger charge is 2.41. The number of hydrogen-bond donors (Lipinski definition) is 1. The second-order valence-corrected chi connectivity index (χ2v) is 6.20. The van der Waals surface area contributed by atoms with E-state index in [1.165, 1.54) is 25.7 Å². The molecule has 0 amide bonds. The van der Waals surface area contributed by atoms with Gasteiger partial charge in [0.25, 0.3) is 0 Å². The van der Waals surface area contributed by atoms with Crippen molar-refractivity contribution >= 4 is 5.97 Å². The lowest BCUT2D eigenvalue weighted by Gasteiger charge is -2.40. The molecule has 6 heteroatoms. The molecule has 1 aliphatic rings. The van der Waals surface area contributed by atoms with Gasteiger partial charge in [-0.2, -0.15) is 0 Å². The minimum atomic E-state index is -0.472. The summed E-state index contributed by atoms with van der Waals surface area (Å²) in [6, 6.07) is 0. The first-order chi connectivity index (χ1) is 11.1. The van der Waals surface area contributed by atoms with Gasteiger partial charge in [0.15, 0.2) is 6.10 Å². The third-order valence-corrected chi connectivity index (χ3v) is 4.20. The number of nitrogens with two attached hydrogens (primary N) is 1. The molecule has 1 saturated heterocycles. The maximum Gasteiger partial charge on any atom is 0.320 e. The number of esters is 1. The summed E-state index contributed by atoms with van der Waals surface area (Å²) in [5.74, 6) is -0.291. The lowest BCUT2D eigenvalue weighted by atomic mass is 9.93. The van der Waals surface area contributed by atoms with Gasteiger partial charge in [0.05, 0.1) is 19.8 Å². The SMILES string of the molecule is CCCCCCCOC[C@@H]1OC[C@H](C)[C@H](OC)[C@H]1OC(=O)CN. The van der Waals surface area contributed by atoms with Crippen LogP contribution < -0.4 is 5.73 Å². The van der Waals surface area contributed by atoms with Crippen LogP contribution >= 0.6 is 0 Å². The van der Waals surface area contributed by atoms with Gasteiger partial charge in [-0.3, -0.25) is 4.79 Å². The largest absolute Gasteiger partial charge is 0.456 e. The first-order valence-corrected chi connectivity index (χ1v) is 8.75. The molecule has 6 nitrogen and oxygen atoms in total. The van der Waals surface area contributed by atoms with Crippen molar-refractivity contribution in [2.45, 2.75) is 64.3 Å². The average Bonchev–Trinajstić information content (AvgIpc) is 2.55. The highest BCUT2D eigenvalue weighted by molar-refractivity contribution is 5.71. The Morgan fingerprint density at radius 3 is 2.61 bits per heavy atom. The molecule has 0 aliphatic carbocycles. The number of carbonyl (C=O) groups excluding carboxylic acids is 1. The second-order valence-electron chi connectivity index (χ2n) is 6.20. The smallest absolute Gasteiger partial charge is 0.320 e. The van der Waals surface area contributed by atoms with Crippen molar-refractivity contribution in [2.24, 2.45) is 11.7 Å². The fourth-order valence-electron chi connectivity index (χ4n) is 2.86. The Kier molecular flexibility index (Phi) is 10.4. The molecule has 0 aromatic rings. The number of rotatable bonds is 11. The minimum Gasteiger partial charge on any atom is -0.456 e. The van der Waals surface area contributed by atoms with Gasteiger partial charge in [-0.25, -0.2) is 0 Å². The third-order valence-electron chi connectivity index (χ3n) is 4.20. The van der Waals surface area contributed by atoms with E-state index in [9.17, 15) is 4.79 Å². The van der Waals surface area contributed by atoms with E-state index in [0.29, 0.717) is 19.8 Å². The average molecular weight is 331 g/mol. The zero-order valence-corrected chi connectivity index (χ0v) is 14.8. The van der Waals surface area contributed by atoms with Crippen molar-refractivity contribution in [3.05, 3.63) is 0 Å². The van der Waals surface area contributed by atoms with Crippen molar-refractivity contribution in [3.8, 4) is 0 Å². The molecule has 0 aromatic carbocycles. The van der Waals surface area contributed by atoms with E-state index < -0.39 is 12.1 Å². The highest BCUT2D eigenvalue weighted by atomic mass is 16.6. The summed E-state index contributed by atoms with van der Waals surface area (Å²) in [5.41, 5.74) is 5.35. The monoisotopic (exact) mass is 331 g/mol. The molecule has 1 heterocycles. The summed E-state index contributed by atoms with van der Waals surface area (Å²) in [4.78, 5) is 11.6. The van der Waals surface area contributed by atoms with Gasteiger partial charge in [0.2, 0.25) is 0 Å². The van der Waals surface area contributed by atoms with Crippen LogP contribution in [-0.4, -0.2) is 57.8 Å². The fraction of sp³-hybridized carbons (Fsp3) is 0.941. The van der Waals surface area contributed by atoms with Gasteiger partial charge in [-0.1, -0.05) is 39.5 Å². The molecule has 23 heavy (non-hydrogen) atoms. The standard InChI is InChI=1S/C17H33NO5/c1-4-5-6-7-8-9-21-12-14-17(23-15(19)10-18)16(20-3)13(2)11-22-14/h13-14,16-17H,4-12,18H2,1-3H3/t13-,14-,16-,17-/m0/s1. The first-order valence-electron chi connectivity index (χ1n) is 8.75. The van der Waals surface area contributed by atoms with Crippen molar-refractivity contribution in [1.29, 1.82) is 0 Å². The van der Waals surface area contributed by atoms with E-state index in [-0.39, 0.29) is 24.7 Å². The Hall–Kier alpha value is -0.690. The number of carbonyl (C=O) groups is 1. The van der Waals surface area contributed by atoms with E-state index in [2.05, 4.69) is 6.92 Å². The van der Waals surface area contributed by atoms with Gasteiger partial charge in [0, 0.05) is 19.6 Å². The van der Waals surface area contributed by atoms with Crippen LogP contribution in [0.25, 0.3) is 0 Å². The van der Waals surface area contributed by atoms with Crippen LogP contribution in [-0.2, 0) is 23.7 Å². The molecule has 4 atom stereocenters. The Balaban J connectivity index is 2.41. The normalized spacial score (nSPS) is 27.8. The number of methoxy groups -OCH3 is 1. The predicted octanol–water partition coefficient (Wildman–Crippen LogP) is 1.89. The first kappa shape index (κ1) is 20.4. The summed E-state index contributed by atoms with van der Waals surface area (Å²) in [5, 5.41) is 0. The van der Waals surface area contributed by atoms with E-state index in [1.807, 2.05) is 6.92 Å². The number of hydrogen-bond acceptors (Lipinski definition) is 6. The maximum atomic E-state index is 11.6. The summed E-state index contributed by atoms with van der Waals surface area (Å²) in [7, 11) is 1.63. The van der Waals surface area contributed by atoms with Gasteiger partial charge < -0.3 is 24.7 Å². The van der Waals surface area contributed by atoms with E-state index >= 15 is 0 Å². The van der Waals surface area contributed by atoms with Crippen LogP contribution in [0.3, 0.4) is 0 Å².